The van der Waals surface area contributed by atoms with Crippen molar-refractivity contribution in [3.8, 4) is 0 Å². The van der Waals surface area contributed by atoms with E-state index in [1.165, 1.54) is 24.5 Å². The van der Waals surface area contributed by atoms with E-state index in [1.54, 1.807) is 17.0 Å². The topological polar surface area (TPSA) is 91.9 Å². The maximum atomic E-state index is 12.3. The van der Waals surface area contributed by atoms with Crippen LogP contribution >= 0.6 is 23.8 Å². The molecule has 3 rings (SSSR count). The molecule has 136 valence electrons. The minimum Gasteiger partial charge on any atom is -0.459 e. The van der Waals surface area contributed by atoms with E-state index in [0.717, 1.165) is 0 Å². The van der Waals surface area contributed by atoms with Crippen molar-refractivity contribution in [1.82, 2.24) is 9.80 Å². The average molecular weight is 395 g/mol. The van der Waals surface area contributed by atoms with Gasteiger partial charge in [0.15, 0.2) is 10.9 Å². The van der Waals surface area contributed by atoms with Crippen LogP contribution < -0.4 is 5.32 Å². The minimum absolute atomic E-state index is 0.0754. The number of rotatable bonds is 3. The molecule has 26 heavy (non-hydrogen) atoms. The summed E-state index contributed by atoms with van der Waals surface area (Å²) in [5, 5.41) is 14.6. The molecule has 1 aromatic heterocycles. The number of hydrogen-bond donors (Lipinski definition) is 1. The van der Waals surface area contributed by atoms with Crippen molar-refractivity contribution in [2.45, 2.75) is 0 Å². The van der Waals surface area contributed by atoms with Gasteiger partial charge in [0.05, 0.1) is 21.9 Å². The Morgan fingerprint density at radius 1 is 1.23 bits per heavy atom. The van der Waals surface area contributed by atoms with Gasteiger partial charge in [-0.15, -0.1) is 0 Å². The van der Waals surface area contributed by atoms with Crippen molar-refractivity contribution >= 4 is 46.2 Å². The smallest absolute Gasteiger partial charge is 0.289 e. The Hall–Kier alpha value is -2.65. The zero-order valence-electron chi connectivity index (χ0n) is 13.6. The molecule has 2 aromatic rings. The Labute approximate surface area is 159 Å². The van der Waals surface area contributed by atoms with Gasteiger partial charge in [-0.2, -0.15) is 0 Å². The Balaban J connectivity index is 1.60. The molecule has 1 saturated heterocycles. The van der Waals surface area contributed by atoms with Crippen LogP contribution in [0.25, 0.3) is 0 Å². The van der Waals surface area contributed by atoms with Crippen LogP contribution in [0.5, 0.6) is 0 Å². The van der Waals surface area contributed by atoms with Crippen molar-refractivity contribution in [1.29, 1.82) is 0 Å². The minimum atomic E-state index is -0.496. The summed E-state index contributed by atoms with van der Waals surface area (Å²) in [5.74, 6) is 0.151. The van der Waals surface area contributed by atoms with E-state index in [0.29, 0.717) is 47.8 Å². The highest BCUT2D eigenvalue weighted by Crippen LogP contribution is 2.27. The molecule has 0 unspecified atom stereocenters. The van der Waals surface area contributed by atoms with Gasteiger partial charge in [-0.05, 0) is 30.4 Å². The largest absolute Gasteiger partial charge is 0.459 e. The van der Waals surface area contributed by atoms with Gasteiger partial charge < -0.3 is 19.5 Å². The standard InChI is InChI=1S/C16H15ClN4O4S/c17-12-4-3-11(21(23)24)10-13(12)18-16(26)20-7-5-19(6-8-20)15(22)14-2-1-9-25-14/h1-4,9-10H,5-8H2,(H,18,26). The second kappa shape index (κ2) is 7.71. The number of benzene rings is 1. The molecular weight excluding hydrogens is 380 g/mol. The highest BCUT2D eigenvalue weighted by atomic mass is 35.5. The van der Waals surface area contributed by atoms with E-state index in [2.05, 4.69) is 5.32 Å². The van der Waals surface area contributed by atoms with Crippen LogP contribution in [0.4, 0.5) is 11.4 Å². The zero-order chi connectivity index (χ0) is 18.7. The Morgan fingerprint density at radius 2 is 1.92 bits per heavy atom. The molecule has 1 amide bonds. The van der Waals surface area contributed by atoms with E-state index in [-0.39, 0.29) is 11.6 Å². The number of thiocarbonyl (C=S) groups is 1. The molecule has 0 radical (unpaired) electrons. The van der Waals surface area contributed by atoms with Gasteiger partial charge in [-0.1, -0.05) is 11.6 Å². The summed E-state index contributed by atoms with van der Waals surface area (Å²) in [6, 6.07) is 7.42. The summed E-state index contributed by atoms with van der Waals surface area (Å²) >= 11 is 11.5. The predicted octanol–water partition coefficient (Wildman–Crippen LogP) is 3.00. The number of nitro groups is 1. The van der Waals surface area contributed by atoms with Crippen molar-refractivity contribution in [3.63, 3.8) is 0 Å². The first-order valence-corrected chi connectivity index (χ1v) is 8.57. The predicted molar refractivity (Wildman–Crippen MR) is 101 cm³/mol. The molecule has 10 heteroatoms. The molecule has 1 N–H and O–H groups in total. The number of carbonyl (C=O) groups is 1. The highest BCUT2D eigenvalue weighted by Gasteiger charge is 2.25. The van der Waals surface area contributed by atoms with Gasteiger partial charge in [0.1, 0.15) is 0 Å². The monoisotopic (exact) mass is 394 g/mol. The lowest BCUT2D eigenvalue weighted by Gasteiger charge is -2.35. The van der Waals surface area contributed by atoms with Crippen molar-refractivity contribution < 1.29 is 14.1 Å². The second-order valence-corrected chi connectivity index (χ2v) is 6.40. The molecular formula is C16H15ClN4O4S. The lowest BCUT2D eigenvalue weighted by Crippen LogP contribution is -2.51. The van der Waals surface area contributed by atoms with Crippen LogP contribution in [0.2, 0.25) is 5.02 Å². The summed E-state index contributed by atoms with van der Waals surface area (Å²) in [5.41, 5.74) is 0.300. The third-order valence-electron chi connectivity index (χ3n) is 3.99. The Morgan fingerprint density at radius 3 is 2.54 bits per heavy atom. The molecule has 0 atom stereocenters. The molecule has 1 aromatic carbocycles. The lowest BCUT2D eigenvalue weighted by atomic mass is 10.2. The first-order chi connectivity index (χ1) is 12.5. The van der Waals surface area contributed by atoms with Gasteiger partial charge in [0.2, 0.25) is 0 Å². The number of furan rings is 1. The SMILES string of the molecule is O=C(c1ccco1)N1CCN(C(=S)Nc2cc([N+](=O)[O-])ccc2Cl)CC1. The molecule has 0 saturated carbocycles. The maximum absolute atomic E-state index is 12.3. The number of anilines is 1. The molecule has 0 spiro atoms. The number of amides is 1. The average Bonchev–Trinajstić information content (AvgIpc) is 3.17. The number of piperazine rings is 1. The lowest BCUT2D eigenvalue weighted by molar-refractivity contribution is -0.384. The van der Waals surface area contributed by atoms with E-state index in [4.69, 9.17) is 28.2 Å². The highest BCUT2D eigenvalue weighted by molar-refractivity contribution is 7.80. The van der Waals surface area contributed by atoms with Gasteiger partial charge in [-0.25, -0.2) is 0 Å². The van der Waals surface area contributed by atoms with Crippen molar-refractivity contribution in [3.05, 3.63) is 57.5 Å². The van der Waals surface area contributed by atoms with E-state index in [1.807, 2.05) is 4.90 Å². The molecule has 0 bridgehead atoms. The van der Waals surface area contributed by atoms with Crippen LogP contribution in [0, 0.1) is 10.1 Å². The summed E-state index contributed by atoms with van der Waals surface area (Å²) in [7, 11) is 0. The number of nitrogens with zero attached hydrogens (tertiary/aromatic N) is 3. The Kier molecular flexibility index (Phi) is 5.38. The fourth-order valence-electron chi connectivity index (χ4n) is 2.59. The molecule has 1 aliphatic heterocycles. The van der Waals surface area contributed by atoms with Crippen LogP contribution in [-0.4, -0.2) is 51.9 Å². The Bertz CT molecular complexity index is 835. The summed E-state index contributed by atoms with van der Waals surface area (Å²) in [6.07, 6.45) is 1.46. The van der Waals surface area contributed by atoms with E-state index >= 15 is 0 Å². The number of nitrogens with one attached hydrogen (secondary N) is 1. The van der Waals surface area contributed by atoms with Crippen LogP contribution in [0.15, 0.2) is 41.0 Å². The molecule has 2 heterocycles. The molecule has 1 fully saturated rings. The maximum Gasteiger partial charge on any atom is 0.289 e. The molecule has 8 nitrogen and oxygen atoms in total. The summed E-state index contributed by atoms with van der Waals surface area (Å²) in [6.45, 7) is 2.05. The van der Waals surface area contributed by atoms with Crippen molar-refractivity contribution in [2.24, 2.45) is 0 Å². The van der Waals surface area contributed by atoms with Gasteiger partial charge in [-0.3, -0.25) is 14.9 Å². The van der Waals surface area contributed by atoms with E-state index in [9.17, 15) is 14.9 Å². The van der Waals surface area contributed by atoms with E-state index < -0.39 is 4.92 Å². The number of carbonyl (C=O) groups excluding carboxylic acids is 1. The number of non-ortho nitro benzene ring substituents is 1. The van der Waals surface area contributed by atoms with Crippen molar-refractivity contribution in [2.75, 3.05) is 31.5 Å². The quantitative estimate of drug-likeness (QED) is 0.486. The van der Waals surface area contributed by atoms with Gasteiger partial charge >= 0.3 is 0 Å². The third kappa shape index (κ3) is 3.94. The number of halogens is 1. The van der Waals surface area contributed by atoms with Gasteiger partial charge in [0.25, 0.3) is 11.6 Å². The third-order valence-corrected chi connectivity index (χ3v) is 4.68. The summed E-state index contributed by atoms with van der Waals surface area (Å²) in [4.78, 5) is 26.2. The van der Waals surface area contributed by atoms with Crippen LogP contribution in [0.3, 0.4) is 0 Å². The van der Waals surface area contributed by atoms with Gasteiger partial charge in [0, 0.05) is 38.3 Å². The zero-order valence-corrected chi connectivity index (χ0v) is 15.1. The summed E-state index contributed by atoms with van der Waals surface area (Å²) < 4.78 is 5.13. The normalized spacial score (nSPS) is 14.2. The van der Waals surface area contributed by atoms with Crippen LogP contribution in [0.1, 0.15) is 10.6 Å². The first-order valence-electron chi connectivity index (χ1n) is 7.78. The number of nitro benzene ring substituents is 1. The second-order valence-electron chi connectivity index (χ2n) is 5.61. The molecule has 1 aliphatic rings. The number of hydrogen-bond acceptors (Lipinski definition) is 5. The molecule has 0 aliphatic carbocycles. The first kappa shape index (κ1) is 18.2. The van der Waals surface area contributed by atoms with Crippen LogP contribution in [-0.2, 0) is 0 Å². The fraction of sp³-hybridized carbons (Fsp3) is 0.250. The fourth-order valence-corrected chi connectivity index (χ4v) is 3.04.